The van der Waals surface area contributed by atoms with Gasteiger partial charge >= 0.3 is 12.2 Å². The Hall–Kier alpha value is -3.99. The van der Waals surface area contributed by atoms with Gasteiger partial charge < -0.3 is 20.1 Å². The van der Waals surface area contributed by atoms with Crippen LogP contribution in [0.1, 0.15) is 46.1 Å². The maximum absolute atomic E-state index is 13.8. The molecule has 0 bridgehead atoms. The molecule has 9 nitrogen and oxygen atoms in total. The number of halogens is 3. The van der Waals surface area contributed by atoms with Gasteiger partial charge in [-0.3, -0.25) is 10.1 Å². The number of ether oxygens (including phenoxy) is 2. The molecule has 3 N–H and O–H groups in total. The molecular formula is C29H33ClF2N4O5. The monoisotopic (exact) mass is 590 g/mol. The van der Waals surface area contributed by atoms with E-state index >= 15 is 0 Å². The van der Waals surface area contributed by atoms with Gasteiger partial charge in [-0.15, -0.1) is 0 Å². The second-order valence-corrected chi connectivity index (χ2v) is 11.1. The third kappa shape index (κ3) is 9.56. The van der Waals surface area contributed by atoms with E-state index in [-0.39, 0.29) is 43.4 Å². The minimum atomic E-state index is -1.10. The van der Waals surface area contributed by atoms with E-state index in [0.717, 1.165) is 0 Å². The van der Waals surface area contributed by atoms with Crippen molar-refractivity contribution in [2.45, 2.75) is 52.7 Å². The summed E-state index contributed by atoms with van der Waals surface area (Å²) < 4.78 is 37.9. The van der Waals surface area contributed by atoms with E-state index in [1.54, 1.807) is 39.8 Å². The number of carbonyl (C=O) groups excluding carboxylic acids is 3. The second-order valence-electron chi connectivity index (χ2n) is 10.7. The first kappa shape index (κ1) is 31.5. The maximum Gasteiger partial charge on any atom is 0.412 e. The standard InChI is InChI=1S/C29H33ClF2N4O5/c1-28(2,3)41-26(38)33-12-10-29(4,25(37)35-17-19-6-5-7-22(32)24(19)30)11-13-40-27(39)36-23-15-20-14-21(31)9-8-18(20)16-34-23/h5-9,14-16H,10-13,17H2,1-4H3,(H,33,38)(H,35,37)(H,34,36,39). The van der Waals surface area contributed by atoms with Crippen LogP contribution in [0.25, 0.3) is 10.8 Å². The molecule has 1 heterocycles. The summed E-state index contributed by atoms with van der Waals surface area (Å²) in [7, 11) is 0. The average Bonchev–Trinajstić information content (AvgIpc) is 2.88. The van der Waals surface area contributed by atoms with Crippen LogP contribution in [0.4, 0.5) is 24.2 Å². The Bertz CT molecular complexity index is 1420. The van der Waals surface area contributed by atoms with Crippen molar-refractivity contribution in [3.63, 3.8) is 0 Å². The van der Waals surface area contributed by atoms with Crippen LogP contribution in [0, 0.1) is 17.0 Å². The molecule has 1 unspecified atom stereocenters. The number of aromatic nitrogens is 1. The Morgan fingerprint density at radius 3 is 2.44 bits per heavy atom. The SMILES string of the molecule is CC(C)(C)OC(=O)NCCC(C)(CCOC(=O)Nc1cc2cc(F)ccc2cn1)C(=O)NCc1cccc(F)c1Cl. The van der Waals surface area contributed by atoms with Gasteiger partial charge in [0.05, 0.1) is 17.0 Å². The predicted octanol–water partition coefficient (Wildman–Crippen LogP) is 6.34. The van der Waals surface area contributed by atoms with Crippen molar-refractivity contribution < 1.29 is 32.6 Å². The zero-order chi connectivity index (χ0) is 30.2. The van der Waals surface area contributed by atoms with Crippen molar-refractivity contribution in [3.8, 4) is 0 Å². The van der Waals surface area contributed by atoms with Gasteiger partial charge in [0, 0.05) is 24.7 Å². The third-order valence-electron chi connectivity index (χ3n) is 6.17. The molecule has 12 heteroatoms. The fourth-order valence-electron chi connectivity index (χ4n) is 3.87. The minimum absolute atomic E-state index is 0.0277. The lowest BCUT2D eigenvalue weighted by atomic mass is 9.82. The molecular weight excluding hydrogens is 558 g/mol. The predicted molar refractivity (Wildman–Crippen MR) is 152 cm³/mol. The molecule has 1 atom stereocenters. The van der Waals surface area contributed by atoms with E-state index in [1.807, 2.05) is 0 Å². The summed E-state index contributed by atoms with van der Waals surface area (Å²) >= 11 is 6.01. The van der Waals surface area contributed by atoms with Crippen molar-refractivity contribution in [1.29, 1.82) is 0 Å². The van der Waals surface area contributed by atoms with Crippen molar-refractivity contribution in [2.24, 2.45) is 5.41 Å². The molecule has 3 amide bonds. The fraction of sp³-hybridized carbons (Fsp3) is 0.379. The van der Waals surface area contributed by atoms with E-state index in [4.69, 9.17) is 21.1 Å². The molecule has 0 aliphatic rings. The van der Waals surface area contributed by atoms with Gasteiger partial charge in [0.2, 0.25) is 5.91 Å². The van der Waals surface area contributed by atoms with Crippen molar-refractivity contribution in [2.75, 3.05) is 18.5 Å². The summed E-state index contributed by atoms with van der Waals surface area (Å²) in [5.41, 5.74) is -1.40. The highest BCUT2D eigenvalue weighted by molar-refractivity contribution is 6.31. The lowest BCUT2D eigenvalue weighted by Crippen LogP contribution is -2.42. The Balaban J connectivity index is 1.61. The molecule has 3 rings (SSSR count). The Labute approximate surface area is 241 Å². The highest BCUT2D eigenvalue weighted by Gasteiger charge is 2.33. The number of hydrogen-bond donors (Lipinski definition) is 3. The number of amides is 3. The summed E-state index contributed by atoms with van der Waals surface area (Å²) in [4.78, 5) is 41.9. The molecule has 220 valence electrons. The topological polar surface area (TPSA) is 119 Å². The molecule has 1 aromatic heterocycles. The highest BCUT2D eigenvalue weighted by Crippen LogP contribution is 2.27. The molecule has 0 aliphatic carbocycles. The van der Waals surface area contributed by atoms with Gasteiger partial charge in [0.15, 0.2) is 0 Å². The van der Waals surface area contributed by atoms with Gasteiger partial charge in [-0.1, -0.05) is 30.7 Å². The largest absolute Gasteiger partial charge is 0.449 e. The van der Waals surface area contributed by atoms with Crippen LogP contribution in [0.5, 0.6) is 0 Å². The number of benzene rings is 2. The molecule has 0 fully saturated rings. The number of hydrogen-bond acceptors (Lipinski definition) is 6. The van der Waals surface area contributed by atoms with Crippen molar-refractivity contribution in [1.82, 2.24) is 15.6 Å². The summed E-state index contributed by atoms with van der Waals surface area (Å²) in [5, 5.41) is 9.02. The highest BCUT2D eigenvalue weighted by atomic mass is 35.5. The van der Waals surface area contributed by atoms with Crippen LogP contribution in [0.2, 0.25) is 5.02 Å². The van der Waals surface area contributed by atoms with Gasteiger partial charge in [-0.25, -0.2) is 23.4 Å². The lowest BCUT2D eigenvalue weighted by molar-refractivity contribution is -0.131. The van der Waals surface area contributed by atoms with Crippen LogP contribution in [0.15, 0.2) is 48.7 Å². The van der Waals surface area contributed by atoms with E-state index in [1.165, 1.54) is 36.5 Å². The number of pyridine rings is 1. The average molecular weight is 591 g/mol. The number of fused-ring (bicyclic) bond motifs is 1. The van der Waals surface area contributed by atoms with Crippen LogP contribution in [-0.4, -0.2) is 41.8 Å². The van der Waals surface area contributed by atoms with Gasteiger partial charge in [-0.2, -0.15) is 0 Å². The molecule has 0 saturated heterocycles. The van der Waals surface area contributed by atoms with E-state index in [2.05, 4.69) is 20.9 Å². The number of carbonyl (C=O) groups is 3. The molecule has 0 spiro atoms. The number of anilines is 1. The molecule has 0 aliphatic heterocycles. The zero-order valence-corrected chi connectivity index (χ0v) is 24.0. The zero-order valence-electron chi connectivity index (χ0n) is 23.3. The summed E-state index contributed by atoms with van der Waals surface area (Å²) in [6.07, 6.45) is 0.321. The van der Waals surface area contributed by atoms with E-state index in [0.29, 0.717) is 16.3 Å². The van der Waals surface area contributed by atoms with Crippen LogP contribution >= 0.6 is 11.6 Å². The van der Waals surface area contributed by atoms with Gasteiger partial charge in [-0.05, 0) is 74.9 Å². The number of rotatable bonds is 10. The normalized spacial score (nSPS) is 12.8. The Kier molecular flexibility index (Phi) is 10.4. The summed E-state index contributed by atoms with van der Waals surface area (Å²) in [6, 6.07) is 10.0. The summed E-state index contributed by atoms with van der Waals surface area (Å²) in [6.45, 7) is 6.78. The van der Waals surface area contributed by atoms with Crippen LogP contribution in [-0.2, 0) is 20.8 Å². The number of nitrogens with zero attached hydrogens (tertiary/aromatic N) is 1. The fourth-order valence-corrected chi connectivity index (χ4v) is 4.06. The number of nitrogens with one attached hydrogen (secondary N) is 3. The Morgan fingerprint density at radius 2 is 1.71 bits per heavy atom. The van der Waals surface area contributed by atoms with Crippen LogP contribution < -0.4 is 16.0 Å². The van der Waals surface area contributed by atoms with E-state index < -0.39 is 40.7 Å². The maximum atomic E-state index is 13.8. The van der Waals surface area contributed by atoms with Crippen molar-refractivity contribution >= 4 is 46.3 Å². The van der Waals surface area contributed by atoms with Gasteiger partial charge in [0.1, 0.15) is 23.1 Å². The third-order valence-corrected chi connectivity index (χ3v) is 6.59. The first-order valence-electron chi connectivity index (χ1n) is 12.9. The first-order valence-corrected chi connectivity index (χ1v) is 13.3. The van der Waals surface area contributed by atoms with Crippen molar-refractivity contribution in [3.05, 3.63) is 70.9 Å². The quantitative estimate of drug-likeness (QED) is 0.253. The van der Waals surface area contributed by atoms with Crippen LogP contribution in [0.3, 0.4) is 0 Å². The summed E-state index contributed by atoms with van der Waals surface area (Å²) in [5.74, 6) is -1.27. The van der Waals surface area contributed by atoms with Gasteiger partial charge in [0.25, 0.3) is 0 Å². The number of alkyl carbamates (subject to hydrolysis) is 1. The lowest BCUT2D eigenvalue weighted by Gasteiger charge is -2.29. The molecule has 2 aromatic carbocycles. The Morgan fingerprint density at radius 1 is 0.951 bits per heavy atom. The second kappa shape index (κ2) is 13.6. The minimum Gasteiger partial charge on any atom is -0.449 e. The molecule has 3 aromatic rings. The first-order chi connectivity index (χ1) is 19.3. The molecule has 0 radical (unpaired) electrons. The molecule has 41 heavy (non-hydrogen) atoms. The smallest absolute Gasteiger partial charge is 0.412 e. The molecule has 0 saturated carbocycles. The van der Waals surface area contributed by atoms with E-state index in [9.17, 15) is 23.2 Å².